The van der Waals surface area contributed by atoms with Gasteiger partial charge in [-0.15, -0.1) is 0 Å². The number of ether oxygens (including phenoxy) is 2. The van der Waals surface area contributed by atoms with Crippen LogP contribution in [0.4, 0.5) is 5.69 Å². The summed E-state index contributed by atoms with van der Waals surface area (Å²) >= 11 is 0. The molecule has 0 saturated carbocycles. The maximum absolute atomic E-state index is 12.1. The van der Waals surface area contributed by atoms with E-state index in [1.54, 1.807) is 12.1 Å². The van der Waals surface area contributed by atoms with Gasteiger partial charge in [0.25, 0.3) is 0 Å². The number of carbonyl (C=O) groups is 2. The molecule has 0 radical (unpaired) electrons. The van der Waals surface area contributed by atoms with Crippen molar-refractivity contribution < 1.29 is 34.4 Å². The Balaban J connectivity index is 1.45. The summed E-state index contributed by atoms with van der Waals surface area (Å²) in [5.74, 6) is -1.14. The van der Waals surface area contributed by atoms with Gasteiger partial charge in [0, 0.05) is 43.1 Å². The normalized spacial score (nSPS) is 24.2. The molecule has 4 N–H and O–H groups in total. The number of hydrogen-bond acceptors (Lipinski definition) is 7. The second-order valence-corrected chi connectivity index (χ2v) is 9.74. The van der Waals surface area contributed by atoms with Gasteiger partial charge in [-0.2, -0.15) is 0 Å². The Morgan fingerprint density at radius 2 is 1.70 bits per heavy atom. The second kappa shape index (κ2) is 13.1. The van der Waals surface area contributed by atoms with E-state index in [1.807, 2.05) is 36.4 Å². The number of aliphatic carboxylic acids is 1. The number of nitrogens with one attached hydrogen (secondary N) is 1. The molecule has 9 nitrogen and oxygen atoms in total. The van der Waals surface area contributed by atoms with Crippen LogP contribution in [0.15, 0.2) is 48.5 Å². The van der Waals surface area contributed by atoms with Gasteiger partial charge < -0.3 is 30.1 Å². The van der Waals surface area contributed by atoms with Gasteiger partial charge in [0.1, 0.15) is 0 Å². The van der Waals surface area contributed by atoms with Gasteiger partial charge in [-0.1, -0.05) is 36.4 Å². The largest absolute Gasteiger partial charge is 0.481 e. The van der Waals surface area contributed by atoms with Gasteiger partial charge in [0.2, 0.25) is 5.91 Å². The monoisotopic (exact) mass is 512 g/mol. The summed E-state index contributed by atoms with van der Waals surface area (Å²) in [7, 11) is 0. The first-order valence-electron chi connectivity index (χ1n) is 12.9. The number of aliphatic hydroxyl groups is 2. The molecule has 2 saturated heterocycles. The summed E-state index contributed by atoms with van der Waals surface area (Å²) in [6, 6.07) is 15.2. The predicted molar refractivity (Wildman–Crippen MR) is 137 cm³/mol. The molecular formula is C28H36N2O7. The van der Waals surface area contributed by atoms with Gasteiger partial charge in [0.15, 0.2) is 6.29 Å². The van der Waals surface area contributed by atoms with E-state index in [-0.39, 0.29) is 50.2 Å². The Bertz CT molecular complexity index is 1030. The van der Waals surface area contributed by atoms with E-state index in [4.69, 9.17) is 14.6 Å². The molecule has 2 aromatic rings. The Kier molecular flexibility index (Phi) is 9.65. The highest BCUT2D eigenvalue weighted by atomic mass is 16.7. The Morgan fingerprint density at radius 3 is 2.38 bits per heavy atom. The van der Waals surface area contributed by atoms with E-state index in [9.17, 15) is 19.8 Å². The number of rotatable bonds is 11. The zero-order valence-corrected chi connectivity index (χ0v) is 20.9. The van der Waals surface area contributed by atoms with Crippen molar-refractivity contribution in [3.05, 3.63) is 65.2 Å². The fourth-order valence-electron chi connectivity index (χ4n) is 4.98. The molecule has 2 aliphatic heterocycles. The van der Waals surface area contributed by atoms with Crippen molar-refractivity contribution in [3.8, 4) is 0 Å². The van der Waals surface area contributed by atoms with Crippen molar-refractivity contribution in [1.82, 2.24) is 4.90 Å². The molecule has 2 aromatic carbocycles. The number of anilines is 1. The molecule has 2 fully saturated rings. The van der Waals surface area contributed by atoms with Gasteiger partial charge in [-0.25, -0.2) is 0 Å². The molecule has 9 heteroatoms. The standard InChI is InChI=1S/C28H36N2O7/c31-17-19-6-8-20(9-7-19)25-15-24(16-30-14-2-3-23(30)18-32)36-28(37-25)21-10-12-22(13-11-21)29-26(33)4-1-5-27(34)35/h6-13,23-25,28,31-32H,1-5,14-18H2,(H,29,33)(H,34,35). The summed E-state index contributed by atoms with van der Waals surface area (Å²) in [6.45, 7) is 1.77. The Morgan fingerprint density at radius 1 is 0.973 bits per heavy atom. The number of nitrogens with zero attached hydrogens (tertiary/aromatic N) is 1. The zero-order valence-electron chi connectivity index (χ0n) is 20.9. The lowest BCUT2D eigenvalue weighted by molar-refractivity contribution is -0.253. The fourth-order valence-corrected chi connectivity index (χ4v) is 4.98. The molecule has 37 heavy (non-hydrogen) atoms. The maximum atomic E-state index is 12.1. The van der Waals surface area contributed by atoms with Crippen molar-refractivity contribution in [2.24, 2.45) is 0 Å². The van der Waals surface area contributed by atoms with Crippen molar-refractivity contribution >= 4 is 17.6 Å². The zero-order chi connectivity index (χ0) is 26.2. The molecule has 2 heterocycles. The average Bonchev–Trinajstić information content (AvgIpc) is 3.35. The maximum Gasteiger partial charge on any atom is 0.303 e. The van der Waals surface area contributed by atoms with Gasteiger partial charge in [-0.05, 0) is 49.1 Å². The minimum Gasteiger partial charge on any atom is -0.481 e. The highest BCUT2D eigenvalue weighted by molar-refractivity contribution is 5.90. The molecule has 4 rings (SSSR count). The number of benzene rings is 2. The minimum atomic E-state index is -0.915. The van der Waals surface area contributed by atoms with E-state index in [1.165, 1.54) is 0 Å². The van der Waals surface area contributed by atoms with Gasteiger partial charge >= 0.3 is 5.97 Å². The predicted octanol–water partition coefficient (Wildman–Crippen LogP) is 3.37. The van der Waals surface area contributed by atoms with Crippen LogP contribution >= 0.6 is 0 Å². The van der Waals surface area contributed by atoms with Gasteiger partial charge in [0.05, 0.1) is 25.4 Å². The highest BCUT2D eigenvalue weighted by Crippen LogP contribution is 2.39. The number of amides is 1. The Hall–Kier alpha value is -2.82. The number of aliphatic hydroxyl groups excluding tert-OH is 2. The number of hydrogen-bond donors (Lipinski definition) is 4. The number of carboxylic acids is 1. The van der Waals surface area contributed by atoms with E-state index in [2.05, 4.69) is 10.2 Å². The number of likely N-dealkylation sites (tertiary alicyclic amines) is 1. The second-order valence-electron chi connectivity index (χ2n) is 9.74. The van der Waals surface area contributed by atoms with Crippen LogP contribution in [0.1, 0.15) is 67.6 Å². The first kappa shape index (κ1) is 27.2. The van der Waals surface area contributed by atoms with Crippen LogP contribution in [0.5, 0.6) is 0 Å². The summed E-state index contributed by atoms with van der Waals surface area (Å²) in [5, 5.41) is 30.7. The molecule has 1 amide bonds. The molecule has 4 atom stereocenters. The number of carboxylic acid groups (broad SMARTS) is 1. The van der Waals surface area contributed by atoms with Crippen molar-refractivity contribution in [1.29, 1.82) is 0 Å². The van der Waals surface area contributed by atoms with Crippen LogP contribution in [0.25, 0.3) is 0 Å². The van der Waals surface area contributed by atoms with Crippen molar-refractivity contribution in [3.63, 3.8) is 0 Å². The van der Waals surface area contributed by atoms with Crippen LogP contribution in [0.2, 0.25) is 0 Å². The van der Waals surface area contributed by atoms with Crippen molar-refractivity contribution in [2.75, 3.05) is 25.0 Å². The first-order valence-corrected chi connectivity index (χ1v) is 12.9. The fraction of sp³-hybridized carbons (Fsp3) is 0.500. The lowest BCUT2D eigenvalue weighted by Gasteiger charge is -2.38. The third-order valence-electron chi connectivity index (χ3n) is 7.02. The van der Waals surface area contributed by atoms with Crippen LogP contribution in [0.3, 0.4) is 0 Å². The van der Waals surface area contributed by atoms with Crippen molar-refractivity contribution in [2.45, 2.75) is 69.7 Å². The quantitative estimate of drug-likeness (QED) is 0.361. The summed E-state index contributed by atoms with van der Waals surface area (Å²) < 4.78 is 12.8. The van der Waals surface area contributed by atoms with Crippen LogP contribution < -0.4 is 5.32 Å². The molecule has 0 spiro atoms. The smallest absolute Gasteiger partial charge is 0.303 e. The SMILES string of the molecule is O=C(O)CCCC(=O)Nc1ccc(C2OC(CN3CCCC3CO)CC(c3ccc(CO)cc3)O2)cc1. The average molecular weight is 513 g/mol. The molecule has 0 aliphatic carbocycles. The van der Waals surface area contributed by atoms with Crippen LogP contribution in [-0.4, -0.2) is 63.9 Å². The molecular weight excluding hydrogens is 476 g/mol. The van der Waals surface area contributed by atoms with E-state index < -0.39 is 12.3 Å². The topological polar surface area (TPSA) is 129 Å². The molecule has 2 aliphatic rings. The molecule has 0 aromatic heterocycles. The van der Waals surface area contributed by atoms with Crippen LogP contribution in [-0.2, 0) is 25.7 Å². The Labute approximate surface area is 217 Å². The molecule has 4 unspecified atom stereocenters. The third kappa shape index (κ3) is 7.59. The lowest BCUT2D eigenvalue weighted by Crippen LogP contribution is -2.42. The summed E-state index contributed by atoms with van der Waals surface area (Å²) in [6.07, 6.45) is 2.23. The number of carbonyl (C=O) groups excluding carboxylic acids is 1. The third-order valence-corrected chi connectivity index (χ3v) is 7.02. The molecule has 0 bridgehead atoms. The lowest BCUT2D eigenvalue weighted by atomic mass is 9.99. The van der Waals surface area contributed by atoms with E-state index >= 15 is 0 Å². The van der Waals surface area contributed by atoms with E-state index in [0.29, 0.717) is 25.1 Å². The minimum absolute atomic E-state index is 0.0138. The highest BCUT2D eigenvalue weighted by Gasteiger charge is 2.35. The molecule has 200 valence electrons. The summed E-state index contributed by atoms with van der Waals surface area (Å²) in [4.78, 5) is 25.0. The first-order chi connectivity index (χ1) is 17.9. The van der Waals surface area contributed by atoms with E-state index in [0.717, 1.165) is 36.1 Å². The van der Waals surface area contributed by atoms with Crippen LogP contribution in [0, 0.1) is 0 Å². The van der Waals surface area contributed by atoms with Gasteiger partial charge in [-0.3, -0.25) is 14.5 Å². The summed E-state index contributed by atoms with van der Waals surface area (Å²) in [5.41, 5.74) is 3.30.